The Morgan fingerprint density at radius 1 is 0.886 bits per heavy atom. The van der Waals surface area contributed by atoms with Gasteiger partial charge in [0, 0.05) is 43.9 Å². The summed E-state index contributed by atoms with van der Waals surface area (Å²) in [7, 11) is 0. The zero-order valence-corrected chi connectivity index (χ0v) is 20.1. The highest BCUT2D eigenvalue weighted by atomic mass is 19.1. The van der Waals surface area contributed by atoms with Crippen molar-refractivity contribution in [1.29, 1.82) is 0 Å². The van der Waals surface area contributed by atoms with Crippen LogP contribution in [-0.2, 0) is 12.1 Å². The molecule has 6 heteroatoms. The summed E-state index contributed by atoms with van der Waals surface area (Å²) in [5, 5.41) is 0. The molecule has 0 saturated carbocycles. The molecule has 1 saturated heterocycles. The van der Waals surface area contributed by atoms with Crippen molar-refractivity contribution in [2.24, 2.45) is 0 Å². The van der Waals surface area contributed by atoms with Gasteiger partial charge in [0.1, 0.15) is 11.6 Å². The smallest absolute Gasteiger partial charge is 0.196 e. The second-order valence-corrected chi connectivity index (χ2v) is 9.21. The second kappa shape index (κ2) is 9.36. The molecule has 180 valence electrons. The van der Waals surface area contributed by atoms with Gasteiger partial charge in [0.05, 0.1) is 6.61 Å². The van der Waals surface area contributed by atoms with Gasteiger partial charge in [-0.25, -0.2) is 4.39 Å². The Hall–Kier alpha value is -3.35. The number of hydrogen-bond donors (Lipinski definition) is 0. The molecule has 0 amide bonds. The number of carbonyl (C=O) groups excluding carboxylic acids is 2. The number of ketones is 2. The number of aryl methyl sites for hydroxylation is 1. The SMILES string of the molecule is CCOc1cccc(C2(N3CCN(Cc4cc(F)ccc4C)CC3)C(=O)c3ccccc3C2=O)c1. The van der Waals surface area contributed by atoms with Gasteiger partial charge in [0.2, 0.25) is 0 Å². The highest BCUT2D eigenvalue weighted by molar-refractivity contribution is 6.32. The molecule has 2 aliphatic rings. The topological polar surface area (TPSA) is 49.9 Å². The fourth-order valence-electron chi connectivity index (χ4n) is 5.37. The van der Waals surface area contributed by atoms with Crippen molar-refractivity contribution in [2.75, 3.05) is 32.8 Å². The number of fused-ring (bicyclic) bond motifs is 1. The lowest BCUT2D eigenvalue weighted by atomic mass is 9.82. The van der Waals surface area contributed by atoms with Crippen LogP contribution in [0, 0.1) is 12.7 Å². The van der Waals surface area contributed by atoms with Gasteiger partial charge in [-0.05, 0) is 54.8 Å². The van der Waals surface area contributed by atoms with Gasteiger partial charge in [0.25, 0.3) is 0 Å². The summed E-state index contributed by atoms with van der Waals surface area (Å²) in [4.78, 5) is 32.3. The summed E-state index contributed by atoms with van der Waals surface area (Å²) >= 11 is 0. The number of halogens is 1. The summed E-state index contributed by atoms with van der Waals surface area (Å²) in [6, 6.07) is 19.3. The van der Waals surface area contributed by atoms with E-state index in [0.29, 0.717) is 61.8 Å². The molecule has 5 nitrogen and oxygen atoms in total. The number of ether oxygens (including phenoxy) is 1. The third-order valence-electron chi connectivity index (χ3n) is 7.19. The maximum absolute atomic E-state index is 14.0. The average molecular weight is 473 g/mol. The van der Waals surface area contributed by atoms with Crippen LogP contribution < -0.4 is 4.74 Å². The lowest BCUT2D eigenvalue weighted by Crippen LogP contribution is -2.60. The Bertz CT molecular complexity index is 1250. The van der Waals surface area contributed by atoms with E-state index < -0.39 is 5.54 Å². The van der Waals surface area contributed by atoms with Gasteiger partial charge < -0.3 is 4.74 Å². The highest BCUT2D eigenvalue weighted by Gasteiger charge is 2.58. The van der Waals surface area contributed by atoms with E-state index in [1.165, 1.54) is 6.07 Å². The van der Waals surface area contributed by atoms with Crippen LogP contribution in [0.25, 0.3) is 0 Å². The van der Waals surface area contributed by atoms with E-state index in [1.54, 1.807) is 36.4 Å². The molecule has 1 aliphatic carbocycles. The molecule has 0 N–H and O–H groups in total. The molecular weight excluding hydrogens is 443 g/mol. The predicted molar refractivity (Wildman–Crippen MR) is 132 cm³/mol. The largest absolute Gasteiger partial charge is 0.494 e. The Balaban J connectivity index is 1.48. The molecule has 0 aromatic heterocycles. The van der Waals surface area contributed by atoms with E-state index in [0.717, 1.165) is 11.1 Å². The Labute approximate surface area is 205 Å². The van der Waals surface area contributed by atoms with Crippen LogP contribution in [0.1, 0.15) is 44.3 Å². The van der Waals surface area contributed by atoms with Crippen LogP contribution in [0.5, 0.6) is 5.75 Å². The third-order valence-corrected chi connectivity index (χ3v) is 7.19. The molecule has 3 aromatic rings. The van der Waals surface area contributed by atoms with Crippen molar-refractivity contribution in [3.63, 3.8) is 0 Å². The fraction of sp³-hybridized carbons (Fsp3) is 0.310. The lowest BCUT2D eigenvalue weighted by Gasteiger charge is -2.44. The zero-order chi connectivity index (χ0) is 24.6. The Kier molecular flexibility index (Phi) is 6.26. The summed E-state index contributed by atoms with van der Waals surface area (Å²) in [6.07, 6.45) is 0. The van der Waals surface area contributed by atoms with Crippen molar-refractivity contribution in [3.8, 4) is 5.75 Å². The normalized spacial score (nSPS) is 18.0. The number of nitrogens with zero attached hydrogens (tertiary/aromatic N) is 2. The van der Waals surface area contributed by atoms with Crippen LogP contribution in [0.3, 0.4) is 0 Å². The van der Waals surface area contributed by atoms with E-state index in [4.69, 9.17) is 4.74 Å². The van der Waals surface area contributed by atoms with E-state index in [1.807, 2.05) is 43.0 Å². The molecule has 0 unspecified atom stereocenters. The first-order valence-corrected chi connectivity index (χ1v) is 12.1. The first-order valence-electron chi connectivity index (χ1n) is 12.1. The minimum Gasteiger partial charge on any atom is -0.494 e. The van der Waals surface area contributed by atoms with Gasteiger partial charge in [0.15, 0.2) is 17.1 Å². The van der Waals surface area contributed by atoms with Crippen molar-refractivity contribution < 1.29 is 18.7 Å². The molecule has 0 spiro atoms. The number of benzene rings is 3. The van der Waals surface area contributed by atoms with E-state index in [-0.39, 0.29) is 17.4 Å². The summed E-state index contributed by atoms with van der Waals surface area (Å²) in [5.74, 6) is 0.0424. The van der Waals surface area contributed by atoms with Gasteiger partial charge >= 0.3 is 0 Å². The fourth-order valence-corrected chi connectivity index (χ4v) is 5.37. The summed E-state index contributed by atoms with van der Waals surface area (Å²) in [5.41, 5.74) is 2.18. The molecule has 5 rings (SSSR count). The van der Waals surface area contributed by atoms with Gasteiger partial charge in [-0.15, -0.1) is 0 Å². The molecule has 35 heavy (non-hydrogen) atoms. The van der Waals surface area contributed by atoms with Crippen LogP contribution in [0.15, 0.2) is 66.7 Å². The van der Waals surface area contributed by atoms with Crippen molar-refractivity contribution in [2.45, 2.75) is 25.9 Å². The highest BCUT2D eigenvalue weighted by Crippen LogP contribution is 2.43. The van der Waals surface area contributed by atoms with Gasteiger partial charge in [-0.3, -0.25) is 19.4 Å². The first kappa shape index (κ1) is 23.4. The number of Topliss-reactive ketones (excluding diaryl/α,β-unsaturated/α-hetero) is 2. The van der Waals surface area contributed by atoms with Crippen LogP contribution in [0.4, 0.5) is 4.39 Å². The molecule has 1 fully saturated rings. The van der Waals surface area contributed by atoms with E-state index in [9.17, 15) is 14.0 Å². The predicted octanol–water partition coefficient (Wildman–Crippen LogP) is 4.63. The number of carbonyl (C=O) groups is 2. The lowest BCUT2D eigenvalue weighted by molar-refractivity contribution is 0.0278. The Morgan fingerprint density at radius 2 is 1.57 bits per heavy atom. The van der Waals surface area contributed by atoms with E-state index in [2.05, 4.69) is 4.90 Å². The minimum atomic E-state index is -1.41. The van der Waals surface area contributed by atoms with E-state index >= 15 is 0 Å². The third kappa shape index (κ3) is 3.97. The monoisotopic (exact) mass is 472 g/mol. The zero-order valence-electron chi connectivity index (χ0n) is 20.1. The Morgan fingerprint density at radius 3 is 2.23 bits per heavy atom. The molecule has 1 heterocycles. The molecule has 1 aliphatic heterocycles. The van der Waals surface area contributed by atoms with Crippen LogP contribution >= 0.6 is 0 Å². The summed E-state index contributed by atoms with van der Waals surface area (Å²) in [6.45, 7) is 7.43. The van der Waals surface area contributed by atoms with Gasteiger partial charge in [-0.1, -0.05) is 42.5 Å². The first-order chi connectivity index (χ1) is 16.9. The minimum absolute atomic E-state index is 0.179. The van der Waals surface area contributed by atoms with Crippen molar-refractivity contribution in [3.05, 3.63) is 100 Å². The average Bonchev–Trinajstić information content (AvgIpc) is 3.10. The van der Waals surface area contributed by atoms with Gasteiger partial charge in [-0.2, -0.15) is 0 Å². The molecule has 0 bridgehead atoms. The van der Waals surface area contributed by atoms with Crippen molar-refractivity contribution >= 4 is 11.6 Å². The number of piperazine rings is 1. The van der Waals surface area contributed by atoms with Crippen LogP contribution in [0.2, 0.25) is 0 Å². The van der Waals surface area contributed by atoms with Crippen LogP contribution in [-0.4, -0.2) is 54.2 Å². The summed E-state index contributed by atoms with van der Waals surface area (Å²) < 4.78 is 19.5. The second-order valence-electron chi connectivity index (χ2n) is 9.21. The number of hydrogen-bond acceptors (Lipinski definition) is 5. The maximum atomic E-state index is 14.0. The molecular formula is C29H29FN2O3. The number of rotatable bonds is 6. The molecule has 3 aromatic carbocycles. The standard InChI is InChI=1S/C29H29FN2O3/c1-3-35-24-8-6-7-22(18-24)29(27(33)25-9-4-5-10-26(25)28(29)34)32-15-13-31(14-16-32)19-21-17-23(30)12-11-20(21)2/h4-12,17-18H,3,13-16,19H2,1-2H3. The maximum Gasteiger partial charge on any atom is 0.196 e. The van der Waals surface area contributed by atoms with Crippen molar-refractivity contribution in [1.82, 2.24) is 9.80 Å². The molecule has 0 atom stereocenters. The molecule has 0 radical (unpaired) electrons. The quantitative estimate of drug-likeness (QED) is 0.490.